The van der Waals surface area contributed by atoms with Gasteiger partial charge in [-0.15, -0.1) is 0 Å². The second-order valence-corrected chi connectivity index (χ2v) is 5.86. The zero-order valence-corrected chi connectivity index (χ0v) is 11.7. The van der Waals surface area contributed by atoms with E-state index in [2.05, 4.69) is 4.72 Å². The van der Waals surface area contributed by atoms with Crippen molar-refractivity contribution >= 4 is 10.0 Å². The van der Waals surface area contributed by atoms with Crippen LogP contribution in [0.15, 0.2) is 53.4 Å². The van der Waals surface area contributed by atoms with Crippen LogP contribution in [0.5, 0.6) is 5.75 Å². The minimum Gasteiger partial charge on any atom is -0.496 e. The lowest BCUT2D eigenvalue weighted by atomic mass is 10.2. The molecule has 0 bridgehead atoms. The van der Waals surface area contributed by atoms with Gasteiger partial charge in [0, 0.05) is 12.1 Å². The molecule has 2 rings (SSSR count). The summed E-state index contributed by atoms with van der Waals surface area (Å²) < 4.78 is 44.7. The highest BCUT2D eigenvalue weighted by atomic mass is 32.2. The number of sulfonamides is 1. The topological polar surface area (TPSA) is 55.4 Å². The van der Waals surface area contributed by atoms with Gasteiger partial charge in [0.25, 0.3) is 0 Å². The summed E-state index contributed by atoms with van der Waals surface area (Å²) in [4.78, 5) is -0.104. The monoisotopic (exact) mass is 295 g/mol. The summed E-state index contributed by atoms with van der Waals surface area (Å²) in [7, 11) is -2.24. The van der Waals surface area contributed by atoms with Crippen molar-refractivity contribution in [1.82, 2.24) is 4.72 Å². The number of rotatable bonds is 5. The lowest BCUT2D eigenvalue weighted by Gasteiger charge is -2.10. The molecule has 0 radical (unpaired) electrons. The van der Waals surface area contributed by atoms with Gasteiger partial charge in [-0.25, -0.2) is 17.5 Å². The fourth-order valence-corrected chi connectivity index (χ4v) is 2.78. The molecule has 1 N–H and O–H groups in total. The van der Waals surface area contributed by atoms with E-state index in [-0.39, 0.29) is 11.4 Å². The Balaban J connectivity index is 2.17. The van der Waals surface area contributed by atoms with E-state index in [0.717, 1.165) is 6.07 Å². The summed E-state index contributed by atoms with van der Waals surface area (Å²) in [6.07, 6.45) is 0. The minimum absolute atomic E-state index is 0.0723. The van der Waals surface area contributed by atoms with Gasteiger partial charge < -0.3 is 4.74 Å². The van der Waals surface area contributed by atoms with Crippen LogP contribution in [0.25, 0.3) is 0 Å². The Kier molecular flexibility index (Phi) is 4.36. The standard InChI is InChI=1S/C14H14FNO3S/c1-19-14-8-3-2-5-11(14)10-16-20(17,18)13-7-4-6-12(15)9-13/h2-9,16H,10H2,1H3. The van der Waals surface area contributed by atoms with Crippen LogP contribution < -0.4 is 9.46 Å². The number of methoxy groups -OCH3 is 1. The zero-order chi connectivity index (χ0) is 14.6. The molecule has 0 heterocycles. The molecule has 0 aliphatic heterocycles. The zero-order valence-electron chi connectivity index (χ0n) is 10.8. The van der Waals surface area contributed by atoms with E-state index >= 15 is 0 Å². The lowest BCUT2D eigenvalue weighted by molar-refractivity contribution is 0.409. The maximum atomic E-state index is 13.1. The average Bonchev–Trinajstić information content (AvgIpc) is 2.45. The number of para-hydroxylation sites is 1. The molecule has 0 saturated carbocycles. The second-order valence-electron chi connectivity index (χ2n) is 4.09. The first-order valence-electron chi connectivity index (χ1n) is 5.90. The van der Waals surface area contributed by atoms with Crippen LogP contribution in [0.1, 0.15) is 5.56 Å². The van der Waals surface area contributed by atoms with Gasteiger partial charge in [-0.05, 0) is 24.3 Å². The number of benzene rings is 2. The molecule has 106 valence electrons. The highest BCUT2D eigenvalue weighted by Gasteiger charge is 2.15. The summed E-state index contributed by atoms with van der Waals surface area (Å²) in [6.45, 7) is 0.0723. The van der Waals surface area contributed by atoms with Crippen LogP contribution in [0.4, 0.5) is 4.39 Å². The van der Waals surface area contributed by atoms with E-state index < -0.39 is 15.8 Å². The van der Waals surface area contributed by atoms with Crippen molar-refractivity contribution in [2.24, 2.45) is 0 Å². The summed E-state index contributed by atoms with van der Waals surface area (Å²) in [5.74, 6) is -0.000362. The highest BCUT2D eigenvalue weighted by molar-refractivity contribution is 7.89. The molecular weight excluding hydrogens is 281 g/mol. The maximum absolute atomic E-state index is 13.1. The molecule has 20 heavy (non-hydrogen) atoms. The fourth-order valence-electron chi connectivity index (χ4n) is 1.74. The van der Waals surface area contributed by atoms with E-state index in [1.165, 1.54) is 25.3 Å². The Morgan fingerprint density at radius 2 is 1.90 bits per heavy atom. The van der Waals surface area contributed by atoms with Gasteiger partial charge in [0.1, 0.15) is 11.6 Å². The van der Waals surface area contributed by atoms with Gasteiger partial charge in [-0.1, -0.05) is 24.3 Å². The Morgan fingerprint density at radius 3 is 2.60 bits per heavy atom. The third kappa shape index (κ3) is 3.34. The molecule has 2 aromatic carbocycles. The molecule has 0 spiro atoms. The molecule has 4 nitrogen and oxygen atoms in total. The Bertz CT molecular complexity index is 701. The Hall–Kier alpha value is -1.92. The number of halogens is 1. The van der Waals surface area contributed by atoms with E-state index in [0.29, 0.717) is 11.3 Å². The van der Waals surface area contributed by atoms with Crippen molar-refractivity contribution in [1.29, 1.82) is 0 Å². The summed E-state index contributed by atoms with van der Waals surface area (Å²) in [5.41, 5.74) is 0.704. The Morgan fingerprint density at radius 1 is 1.15 bits per heavy atom. The van der Waals surface area contributed by atoms with Crippen LogP contribution in [0.2, 0.25) is 0 Å². The minimum atomic E-state index is -3.75. The van der Waals surface area contributed by atoms with Gasteiger partial charge >= 0.3 is 0 Å². The van der Waals surface area contributed by atoms with Crippen molar-refractivity contribution in [3.8, 4) is 5.75 Å². The predicted molar refractivity (Wildman–Crippen MR) is 73.4 cm³/mol. The van der Waals surface area contributed by atoms with E-state index in [4.69, 9.17) is 4.74 Å². The Labute approximate surface area is 117 Å². The molecule has 0 aliphatic rings. The van der Waals surface area contributed by atoms with Crippen LogP contribution in [-0.4, -0.2) is 15.5 Å². The van der Waals surface area contributed by atoms with E-state index in [1.807, 2.05) is 0 Å². The number of ether oxygens (including phenoxy) is 1. The molecule has 2 aromatic rings. The molecular formula is C14H14FNO3S. The molecule has 0 aromatic heterocycles. The first kappa shape index (κ1) is 14.5. The predicted octanol–water partition coefficient (Wildman–Crippen LogP) is 2.31. The van der Waals surface area contributed by atoms with Crippen LogP contribution in [-0.2, 0) is 16.6 Å². The number of nitrogens with one attached hydrogen (secondary N) is 1. The van der Waals surface area contributed by atoms with Crippen molar-refractivity contribution in [2.45, 2.75) is 11.4 Å². The number of hydrogen-bond donors (Lipinski definition) is 1. The van der Waals surface area contributed by atoms with Crippen LogP contribution in [0, 0.1) is 5.82 Å². The summed E-state index contributed by atoms with van der Waals surface area (Å²) >= 11 is 0. The van der Waals surface area contributed by atoms with E-state index in [9.17, 15) is 12.8 Å². The quantitative estimate of drug-likeness (QED) is 0.921. The molecule has 0 unspecified atom stereocenters. The SMILES string of the molecule is COc1ccccc1CNS(=O)(=O)c1cccc(F)c1. The lowest BCUT2D eigenvalue weighted by Crippen LogP contribution is -2.23. The van der Waals surface area contributed by atoms with Crippen molar-refractivity contribution in [3.63, 3.8) is 0 Å². The van der Waals surface area contributed by atoms with Gasteiger partial charge in [-0.2, -0.15) is 0 Å². The smallest absolute Gasteiger partial charge is 0.240 e. The number of hydrogen-bond acceptors (Lipinski definition) is 3. The molecule has 0 aliphatic carbocycles. The molecule has 0 saturated heterocycles. The fraction of sp³-hybridized carbons (Fsp3) is 0.143. The van der Waals surface area contributed by atoms with Crippen LogP contribution >= 0.6 is 0 Å². The van der Waals surface area contributed by atoms with Crippen molar-refractivity contribution < 1.29 is 17.5 Å². The average molecular weight is 295 g/mol. The largest absolute Gasteiger partial charge is 0.496 e. The molecule has 6 heteroatoms. The third-order valence-electron chi connectivity index (χ3n) is 2.75. The van der Waals surface area contributed by atoms with Gasteiger partial charge in [0.05, 0.1) is 12.0 Å². The molecule has 0 fully saturated rings. The maximum Gasteiger partial charge on any atom is 0.240 e. The normalized spacial score (nSPS) is 11.3. The third-order valence-corrected chi connectivity index (χ3v) is 4.15. The first-order chi connectivity index (χ1) is 9.53. The summed E-state index contributed by atoms with van der Waals surface area (Å²) in [6, 6.07) is 11.9. The van der Waals surface area contributed by atoms with Gasteiger partial charge in [-0.3, -0.25) is 0 Å². The first-order valence-corrected chi connectivity index (χ1v) is 7.38. The highest BCUT2D eigenvalue weighted by Crippen LogP contribution is 2.18. The van der Waals surface area contributed by atoms with E-state index in [1.54, 1.807) is 24.3 Å². The van der Waals surface area contributed by atoms with Crippen LogP contribution in [0.3, 0.4) is 0 Å². The van der Waals surface area contributed by atoms with Crippen molar-refractivity contribution in [3.05, 3.63) is 59.9 Å². The van der Waals surface area contributed by atoms with Gasteiger partial charge in [0.2, 0.25) is 10.0 Å². The molecule has 0 atom stereocenters. The summed E-state index contributed by atoms with van der Waals surface area (Å²) in [5, 5.41) is 0. The molecule has 0 amide bonds. The van der Waals surface area contributed by atoms with Crippen molar-refractivity contribution in [2.75, 3.05) is 7.11 Å². The second kappa shape index (κ2) is 6.02. The van der Waals surface area contributed by atoms with Gasteiger partial charge in [0.15, 0.2) is 0 Å².